The van der Waals surface area contributed by atoms with E-state index in [4.69, 9.17) is 9.84 Å². The molecule has 0 amide bonds. The molecule has 0 bridgehead atoms. The predicted octanol–water partition coefficient (Wildman–Crippen LogP) is 1.60. The summed E-state index contributed by atoms with van der Waals surface area (Å²) in [5, 5.41) is 9.09. The lowest BCUT2D eigenvalue weighted by molar-refractivity contribution is -0.143. The average molecular weight is 229 g/mol. The number of carbonyl (C=O) groups is 1. The van der Waals surface area contributed by atoms with Crippen molar-refractivity contribution in [1.29, 1.82) is 0 Å². The molecule has 1 aliphatic heterocycles. The van der Waals surface area contributed by atoms with Gasteiger partial charge < -0.3 is 9.84 Å². The summed E-state index contributed by atoms with van der Waals surface area (Å²) in [5.41, 5.74) is 0. The number of aliphatic carboxylic acids is 1. The Morgan fingerprint density at radius 1 is 1.38 bits per heavy atom. The van der Waals surface area contributed by atoms with Crippen molar-refractivity contribution in [2.24, 2.45) is 5.92 Å². The lowest BCUT2D eigenvalue weighted by Crippen LogP contribution is -2.43. The number of carboxylic acids is 1. The number of hydrogen-bond acceptors (Lipinski definition) is 3. The molecule has 0 aromatic carbocycles. The van der Waals surface area contributed by atoms with Gasteiger partial charge >= 0.3 is 5.97 Å². The number of ether oxygens (including phenoxy) is 1. The van der Waals surface area contributed by atoms with Crippen LogP contribution in [-0.4, -0.2) is 48.3 Å². The van der Waals surface area contributed by atoms with Crippen LogP contribution in [0.15, 0.2) is 0 Å². The monoisotopic (exact) mass is 229 g/mol. The maximum Gasteiger partial charge on any atom is 0.310 e. The highest BCUT2D eigenvalue weighted by Gasteiger charge is 2.37. The summed E-state index contributed by atoms with van der Waals surface area (Å²) in [7, 11) is 0. The molecule has 1 N–H and O–H groups in total. The van der Waals surface area contributed by atoms with Gasteiger partial charge in [0.25, 0.3) is 0 Å². The Hall–Kier alpha value is -0.610. The van der Waals surface area contributed by atoms with E-state index in [1.54, 1.807) is 0 Å². The highest BCUT2D eigenvalue weighted by atomic mass is 16.5. The minimum absolute atomic E-state index is 0.0688. The first-order valence-corrected chi connectivity index (χ1v) is 6.25. The normalized spacial score (nSPS) is 25.2. The first-order valence-electron chi connectivity index (χ1n) is 6.25. The van der Waals surface area contributed by atoms with Crippen molar-refractivity contribution in [1.82, 2.24) is 4.90 Å². The Bertz CT molecular complexity index is 220. The molecule has 0 aromatic heterocycles. The van der Waals surface area contributed by atoms with Gasteiger partial charge in [0.2, 0.25) is 0 Å². The second-order valence-corrected chi connectivity index (χ2v) is 4.39. The molecule has 1 heterocycles. The Balaban J connectivity index is 2.47. The number of carboxylic acid groups (broad SMARTS) is 1. The van der Waals surface area contributed by atoms with Crippen molar-refractivity contribution in [3.05, 3.63) is 0 Å². The van der Waals surface area contributed by atoms with Crippen LogP contribution in [-0.2, 0) is 9.53 Å². The van der Waals surface area contributed by atoms with Crippen LogP contribution in [0.25, 0.3) is 0 Å². The quantitative estimate of drug-likeness (QED) is 0.674. The lowest BCUT2D eigenvalue weighted by atomic mass is 10.0. The Morgan fingerprint density at radius 3 is 2.69 bits per heavy atom. The van der Waals surface area contributed by atoms with E-state index >= 15 is 0 Å². The van der Waals surface area contributed by atoms with Gasteiger partial charge in [-0.1, -0.05) is 26.7 Å². The van der Waals surface area contributed by atoms with E-state index in [1.807, 2.05) is 0 Å². The summed E-state index contributed by atoms with van der Waals surface area (Å²) in [4.78, 5) is 13.3. The third-order valence-corrected chi connectivity index (χ3v) is 3.29. The second-order valence-electron chi connectivity index (χ2n) is 4.39. The van der Waals surface area contributed by atoms with E-state index in [1.165, 1.54) is 12.8 Å². The lowest BCUT2D eigenvalue weighted by Gasteiger charge is -2.29. The molecule has 4 heteroatoms. The van der Waals surface area contributed by atoms with Crippen LogP contribution in [0.2, 0.25) is 0 Å². The van der Waals surface area contributed by atoms with Crippen molar-refractivity contribution in [2.45, 2.75) is 39.2 Å². The van der Waals surface area contributed by atoms with Crippen LogP contribution < -0.4 is 0 Å². The number of nitrogens with zero attached hydrogens (tertiary/aromatic N) is 1. The zero-order valence-electron chi connectivity index (χ0n) is 10.3. The van der Waals surface area contributed by atoms with E-state index in [2.05, 4.69) is 18.7 Å². The summed E-state index contributed by atoms with van der Waals surface area (Å²) < 4.78 is 5.30. The van der Waals surface area contributed by atoms with Crippen molar-refractivity contribution >= 4 is 5.97 Å². The summed E-state index contributed by atoms with van der Waals surface area (Å²) >= 11 is 0. The van der Waals surface area contributed by atoms with Crippen LogP contribution in [0.1, 0.15) is 33.1 Å². The number of rotatable bonds is 7. The maximum absolute atomic E-state index is 11.1. The van der Waals surface area contributed by atoms with Crippen LogP contribution >= 0.6 is 0 Å². The zero-order valence-corrected chi connectivity index (χ0v) is 10.3. The van der Waals surface area contributed by atoms with Crippen LogP contribution in [0.4, 0.5) is 0 Å². The second kappa shape index (κ2) is 6.86. The average Bonchev–Trinajstić information content (AvgIpc) is 2.73. The largest absolute Gasteiger partial charge is 0.481 e. The minimum Gasteiger partial charge on any atom is -0.481 e. The predicted molar refractivity (Wildman–Crippen MR) is 62.5 cm³/mol. The minimum atomic E-state index is -0.726. The Labute approximate surface area is 97.6 Å². The molecule has 0 spiro atoms. The van der Waals surface area contributed by atoms with Crippen molar-refractivity contribution < 1.29 is 14.6 Å². The van der Waals surface area contributed by atoms with Gasteiger partial charge in [-0.2, -0.15) is 0 Å². The van der Waals surface area contributed by atoms with Gasteiger partial charge in [0.15, 0.2) is 0 Å². The molecule has 2 unspecified atom stereocenters. The van der Waals surface area contributed by atoms with Crippen molar-refractivity contribution in [3.8, 4) is 0 Å². The Kier molecular flexibility index (Phi) is 5.77. The molecule has 1 saturated heterocycles. The van der Waals surface area contributed by atoms with Gasteiger partial charge in [0.05, 0.1) is 19.1 Å². The van der Waals surface area contributed by atoms with Crippen molar-refractivity contribution in [3.63, 3.8) is 0 Å². The van der Waals surface area contributed by atoms with Gasteiger partial charge in [-0.15, -0.1) is 0 Å². The molecule has 0 radical (unpaired) electrons. The van der Waals surface area contributed by atoms with E-state index in [0.717, 1.165) is 19.5 Å². The van der Waals surface area contributed by atoms with Crippen LogP contribution in [0.3, 0.4) is 0 Å². The standard InChI is InChI=1S/C12H23NO3/c1-3-5-6-7-13(4-2)11-9-16-8-10(11)12(14)15/h10-11H,3-9H2,1-2H3,(H,14,15). The summed E-state index contributed by atoms with van der Waals surface area (Å²) in [5.74, 6) is -1.07. The van der Waals surface area contributed by atoms with E-state index < -0.39 is 5.97 Å². The summed E-state index contributed by atoms with van der Waals surface area (Å²) in [6.07, 6.45) is 3.55. The molecular formula is C12H23NO3. The zero-order chi connectivity index (χ0) is 12.0. The SMILES string of the molecule is CCCCCN(CC)C1COCC1C(=O)O. The molecule has 16 heavy (non-hydrogen) atoms. The van der Waals surface area contributed by atoms with Gasteiger partial charge in [-0.05, 0) is 19.5 Å². The molecule has 94 valence electrons. The first-order chi connectivity index (χ1) is 7.70. The van der Waals surface area contributed by atoms with Gasteiger partial charge in [0, 0.05) is 6.04 Å². The van der Waals surface area contributed by atoms with Crippen LogP contribution in [0, 0.1) is 5.92 Å². The maximum atomic E-state index is 11.1. The molecule has 2 atom stereocenters. The molecule has 1 aliphatic rings. The highest BCUT2D eigenvalue weighted by Crippen LogP contribution is 2.20. The topological polar surface area (TPSA) is 49.8 Å². The fraction of sp³-hybridized carbons (Fsp3) is 0.917. The molecule has 4 nitrogen and oxygen atoms in total. The van der Waals surface area contributed by atoms with E-state index in [-0.39, 0.29) is 12.0 Å². The molecule has 0 aliphatic carbocycles. The molecule has 0 aromatic rings. The van der Waals surface area contributed by atoms with Crippen LogP contribution in [0.5, 0.6) is 0 Å². The molecule has 1 fully saturated rings. The third kappa shape index (κ3) is 3.46. The smallest absolute Gasteiger partial charge is 0.310 e. The molecule has 1 rings (SSSR count). The van der Waals surface area contributed by atoms with E-state index in [9.17, 15) is 4.79 Å². The fourth-order valence-electron chi connectivity index (χ4n) is 2.26. The highest BCUT2D eigenvalue weighted by molar-refractivity contribution is 5.71. The van der Waals surface area contributed by atoms with E-state index in [0.29, 0.717) is 13.2 Å². The fourth-order valence-corrected chi connectivity index (χ4v) is 2.26. The Morgan fingerprint density at radius 2 is 2.12 bits per heavy atom. The number of unbranched alkanes of at least 4 members (excludes halogenated alkanes) is 2. The summed E-state index contributed by atoms with van der Waals surface area (Å²) in [6.45, 7) is 7.09. The third-order valence-electron chi connectivity index (χ3n) is 3.29. The van der Waals surface area contributed by atoms with Crippen molar-refractivity contribution in [2.75, 3.05) is 26.3 Å². The van der Waals surface area contributed by atoms with Gasteiger partial charge in [-0.25, -0.2) is 0 Å². The molecule has 0 saturated carbocycles. The van der Waals surface area contributed by atoms with Gasteiger partial charge in [0.1, 0.15) is 0 Å². The summed E-state index contributed by atoms with van der Waals surface area (Å²) in [6, 6.07) is 0.0688. The van der Waals surface area contributed by atoms with Gasteiger partial charge in [-0.3, -0.25) is 9.69 Å². The number of hydrogen-bond donors (Lipinski definition) is 1. The first kappa shape index (κ1) is 13.5. The number of likely N-dealkylation sites (N-methyl/N-ethyl adjacent to an activating group) is 1. The molecular weight excluding hydrogens is 206 g/mol.